The van der Waals surface area contributed by atoms with Crippen molar-refractivity contribution in [3.8, 4) is 0 Å². The topological polar surface area (TPSA) is 25.8 Å². The van der Waals surface area contributed by atoms with E-state index in [9.17, 15) is 0 Å². The van der Waals surface area contributed by atoms with E-state index in [1.54, 1.807) is 0 Å². The maximum absolute atomic E-state index is 4.72. The molecule has 0 radical (unpaired) electrons. The molecular formula is C17H20N2. The highest BCUT2D eigenvalue weighted by molar-refractivity contribution is 5.45. The van der Waals surface area contributed by atoms with Crippen LogP contribution in [0.2, 0.25) is 0 Å². The standard InChI is InChI=1S/C17H20N2/c1-11-18-15-10-13-8-6-5-7-12(13)9-14(15)16(19-11)17(2,3)4/h5-8H,9-10H2,1-4H3. The Morgan fingerprint density at radius 1 is 0.947 bits per heavy atom. The molecule has 2 nitrogen and oxygen atoms in total. The molecule has 1 heterocycles. The second-order valence-corrected chi connectivity index (χ2v) is 6.42. The highest BCUT2D eigenvalue weighted by Crippen LogP contribution is 2.32. The van der Waals surface area contributed by atoms with Crippen molar-refractivity contribution in [1.82, 2.24) is 9.97 Å². The SMILES string of the molecule is Cc1nc2c(c(C(C)(C)C)n1)Cc1ccccc1C2. The van der Waals surface area contributed by atoms with E-state index in [2.05, 4.69) is 50.0 Å². The lowest BCUT2D eigenvalue weighted by molar-refractivity contribution is 0.552. The molecule has 0 amide bonds. The van der Waals surface area contributed by atoms with Gasteiger partial charge in [-0.3, -0.25) is 0 Å². The van der Waals surface area contributed by atoms with Gasteiger partial charge in [0.05, 0.1) is 11.4 Å². The summed E-state index contributed by atoms with van der Waals surface area (Å²) in [5.74, 6) is 0.892. The van der Waals surface area contributed by atoms with Crippen molar-refractivity contribution in [3.05, 3.63) is 58.2 Å². The zero-order valence-electron chi connectivity index (χ0n) is 12.1. The molecule has 3 rings (SSSR count). The van der Waals surface area contributed by atoms with E-state index in [1.165, 1.54) is 28.1 Å². The van der Waals surface area contributed by atoms with E-state index < -0.39 is 0 Å². The third kappa shape index (κ3) is 2.16. The van der Waals surface area contributed by atoms with E-state index in [0.29, 0.717) is 0 Å². The van der Waals surface area contributed by atoms with Crippen LogP contribution >= 0.6 is 0 Å². The first-order valence-electron chi connectivity index (χ1n) is 6.89. The van der Waals surface area contributed by atoms with Crippen LogP contribution in [0.25, 0.3) is 0 Å². The Kier molecular flexibility index (Phi) is 2.70. The molecule has 0 fully saturated rings. The van der Waals surface area contributed by atoms with E-state index >= 15 is 0 Å². The molecule has 1 aliphatic rings. The molecule has 0 atom stereocenters. The largest absolute Gasteiger partial charge is 0.238 e. The van der Waals surface area contributed by atoms with Crippen LogP contribution in [0.4, 0.5) is 0 Å². The predicted molar refractivity (Wildman–Crippen MR) is 77.5 cm³/mol. The lowest BCUT2D eigenvalue weighted by atomic mass is 9.81. The molecule has 0 spiro atoms. The van der Waals surface area contributed by atoms with Crippen molar-refractivity contribution < 1.29 is 0 Å². The fourth-order valence-corrected chi connectivity index (χ4v) is 2.88. The predicted octanol–water partition coefficient (Wildman–Crippen LogP) is 3.58. The molecule has 0 unspecified atom stereocenters. The van der Waals surface area contributed by atoms with Gasteiger partial charge in [-0.15, -0.1) is 0 Å². The van der Waals surface area contributed by atoms with Crippen LogP contribution in [0.15, 0.2) is 24.3 Å². The summed E-state index contributed by atoms with van der Waals surface area (Å²) in [6.45, 7) is 8.69. The number of hydrogen-bond donors (Lipinski definition) is 0. The molecule has 2 heteroatoms. The minimum Gasteiger partial charge on any atom is -0.238 e. The van der Waals surface area contributed by atoms with Crippen LogP contribution in [0.3, 0.4) is 0 Å². The van der Waals surface area contributed by atoms with Crippen LogP contribution in [-0.4, -0.2) is 9.97 Å². The first kappa shape index (κ1) is 12.3. The average molecular weight is 252 g/mol. The molecule has 1 aromatic heterocycles. The number of benzene rings is 1. The molecule has 0 saturated heterocycles. The highest BCUT2D eigenvalue weighted by atomic mass is 14.9. The van der Waals surface area contributed by atoms with Gasteiger partial charge in [-0.2, -0.15) is 0 Å². The Hall–Kier alpha value is -1.70. The number of nitrogens with zero attached hydrogens (tertiary/aromatic N) is 2. The van der Waals surface area contributed by atoms with E-state index in [4.69, 9.17) is 4.98 Å². The molecule has 2 aromatic rings. The molecule has 0 N–H and O–H groups in total. The van der Waals surface area contributed by atoms with Gasteiger partial charge in [-0.1, -0.05) is 45.0 Å². The van der Waals surface area contributed by atoms with Crippen LogP contribution in [-0.2, 0) is 18.3 Å². The average Bonchev–Trinajstić information content (AvgIpc) is 2.34. The van der Waals surface area contributed by atoms with Gasteiger partial charge >= 0.3 is 0 Å². The quantitative estimate of drug-likeness (QED) is 0.611. The Labute approximate surface area is 114 Å². The molecule has 0 bridgehead atoms. The molecule has 0 aliphatic heterocycles. The molecule has 19 heavy (non-hydrogen) atoms. The Morgan fingerprint density at radius 3 is 2.21 bits per heavy atom. The number of aryl methyl sites for hydroxylation is 1. The zero-order chi connectivity index (χ0) is 13.6. The van der Waals surface area contributed by atoms with Gasteiger partial charge in [-0.05, 0) is 18.1 Å². The number of fused-ring (bicyclic) bond motifs is 2. The van der Waals surface area contributed by atoms with Crippen molar-refractivity contribution in [2.45, 2.75) is 46.0 Å². The first-order valence-corrected chi connectivity index (χ1v) is 6.89. The van der Waals surface area contributed by atoms with Crippen LogP contribution in [0.1, 0.15) is 54.7 Å². The van der Waals surface area contributed by atoms with E-state index in [0.717, 1.165) is 18.7 Å². The Bertz CT molecular complexity index is 636. The minimum absolute atomic E-state index is 0.0735. The molecule has 1 aliphatic carbocycles. The summed E-state index contributed by atoms with van der Waals surface area (Å²) >= 11 is 0. The third-order valence-electron chi connectivity index (χ3n) is 3.76. The summed E-state index contributed by atoms with van der Waals surface area (Å²) in [5.41, 5.74) is 6.68. The van der Waals surface area contributed by atoms with Gasteiger partial charge in [0.1, 0.15) is 5.82 Å². The van der Waals surface area contributed by atoms with Crippen LogP contribution in [0.5, 0.6) is 0 Å². The van der Waals surface area contributed by atoms with Crippen molar-refractivity contribution in [2.24, 2.45) is 0 Å². The Morgan fingerprint density at radius 2 is 1.58 bits per heavy atom. The number of hydrogen-bond acceptors (Lipinski definition) is 2. The Balaban J connectivity index is 2.18. The fourth-order valence-electron chi connectivity index (χ4n) is 2.88. The maximum Gasteiger partial charge on any atom is 0.125 e. The second-order valence-electron chi connectivity index (χ2n) is 6.42. The van der Waals surface area contributed by atoms with Gasteiger partial charge < -0.3 is 0 Å². The monoisotopic (exact) mass is 252 g/mol. The molecule has 0 saturated carbocycles. The lowest BCUT2D eigenvalue weighted by Gasteiger charge is -2.27. The summed E-state index contributed by atoms with van der Waals surface area (Å²) in [5, 5.41) is 0. The van der Waals surface area contributed by atoms with Crippen LogP contribution in [0, 0.1) is 6.92 Å². The number of aromatic nitrogens is 2. The van der Waals surface area contributed by atoms with Crippen LogP contribution < -0.4 is 0 Å². The van der Waals surface area contributed by atoms with Crippen molar-refractivity contribution in [1.29, 1.82) is 0 Å². The molecule has 1 aromatic carbocycles. The van der Waals surface area contributed by atoms with Gasteiger partial charge in [-0.25, -0.2) is 9.97 Å². The molecule has 98 valence electrons. The van der Waals surface area contributed by atoms with Crippen molar-refractivity contribution in [3.63, 3.8) is 0 Å². The second kappa shape index (κ2) is 4.16. The minimum atomic E-state index is 0.0735. The van der Waals surface area contributed by atoms with E-state index in [1.807, 2.05) is 6.92 Å². The van der Waals surface area contributed by atoms with E-state index in [-0.39, 0.29) is 5.41 Å². The summed E-state index contributed by atoms with van der Waals surface area (Å²) in [6.07, 6.45) is 1.91. The third-order valence-corrected chi connectivity index (χ3v) is 3.76. The first-order chi connectivity index (χ1) is 8.95. The summed E-state index contributed by atoms with van der Waals surface area (Å²) in [6, 6.07) is 8.68. The highest BCUT2D eigenvalue weighted by Gasteiger charge is 2.26. The summed E-state index contributed by atoms with van der Waals surface area (Å²) in [4.78, 5) is 9.40. The normalized spacial score (nSPS) is 13.9. The zero-order valence-corrected chi connectivity index (χ0v) is 12.1. The number of rotatable bonds is 0. The molecular weight excluding hydrogens is 232 g/mol. The summed E-state index contributed by atoms with van der Waals surface area (Å²) in [7, 11) is 0. The van der Waals surface area contributed by atoms with Gasteiger partial charge in [0.15, 0.2) is 0 Å². The van der Waals surface area contributed by atoms with Gasteiger partial charge in [0, 0.05) is 23.8 Å². The summed E-state index contributed by atoms with van der Waals surface area (Å²) < 4.78 is 0. The van der Waals surface area contributed by atoms with Gasteiger partial charge in [0.25, 0.3) is 0 Å². The smallest absolute Gasteiger partial charge is 0.125 e. The lowest BCUT2D eigenvalue weighted by Crippen LogP contribution is -2.22. The maximum atomic E-state index is 4.72. The van der Waals surface area contributed by atoms with Crippen molar-refractivity contribution in [2.75, 3.05) is 0 Å². The van der Waals surface area contributed by atoms with Crippen molar-refractivity contribution >= 4 is 0 Å². The fraction of sp³-hybridized carbons (Fsp3) is 0.412. The van der Waals surface area contributed by atoms with Gasteiger partial charge in [0.2, 0.25) is 0 Å².